The van der Waals surface area contributed by atoms with Gasteiger partial charge in [0.25, 0.3) is 0 Å². The first-order chi connectivity index (χ1) is 33.2. The first-order valence-corrected chi connectivity index (χ1v) is 23.3. The van der Waals surface area contributed by atoms with Gasteiger partial charge < -0.3 is 4.90 Å². The molecule has 0 atom stereocenters. The molecule has 0 amide bonds. The van der Waals surface area contributed by atoms with Crippen molar-refractivity contribution in [1.82, 2.24) is 0 Å². The summed E-state index contributed by atoms with van der Waals surface area (Å²) < 4.78 is 0. The Morgan fingerprint density at radius 1 is 0.254 bits per heavy atom. The molecule has 11 aromatic rings. The summed E-state index contributed by atoms with van der Waals surface area (Å²) in [5, 5.41) is 2.39. The predicted molar refractivity (Wildman–Crippen MR) is 279 cm³/mol. The highest BCUT2D eigenvalue weighted by Gasteiger charge is 2.48. The van der Waals surface area contributed by atoms with Crippen molar-refractivity contribution in [1.29, 1.82) is 0 Å². The van der Waals surface area contributed by atoms with Crippen molar-refractivity contribution in [2.45, 2.75) is 10.8 Å². The lowest BCUT2D eigenvalue weighted by Crippen LogP contribution is -2.29. The van der Waals surface area contributed by atoms with Crippen LogP contribution in [0.25, 0.3) is 44.2 Å². The Labute approximate surface area is 392 Å². The number of hydrogen-bond acceptors (Lipinski definition) is 1. The Bertz CT molecular complexity index is 3530. The molecule has 13 rings (SSSR count). The van der Waals surface area contributed by atoms with Crippen molar-refractivity contribution < 1.29 is 0 Å². The molecule has 0 aliphatic heterocycles. The molecule has 0 fully saturated rings. The minimum Gasteiger partial charge on any atom is -0.310 e. The molecule has 0 heterocycles. The van der Waals surface area contributed by atoms with E-state index >= 15 is 0 Å². The zero-order valence-corrected chi connectivity index (χ0v) is 36.9. The van der Waals surface area contributed by atoms with Crippen LogP contribution in [-0.4, -0.2) is 0 Å². The third kappa shape index (κ3) is 5.81. The maximum Gasteiger partial charge on any atom is 0.0714 e. The Morgan fingerprint density at radius 3 is 1.25 bits per heavy atom. The second-order valence-electron chi connectivity index (χ2n) is 17.9. The minimum atomic E-state index is -0.585. The van der Waals surface area contributed by atoms with E-state index in [0.29, 0.717) is 0 Å². The average molecular weight is 852 g/mol. The molecule has 0 spiro atoms. The molecule has 0 aromatic heterocycles. The van der Waals surface area contributed by atoms with Crippen molar-refractivity contribution in [3.05, 3.63) is 317 Å². The summed E-state index contributed by atoms with van der Waals surface area (Å²) >= 11 is 0. The molecule has 67 heavy (non-hydrogen) atoms. The van der Waals surface area contributed by atoms with Gasteiger partial charge in [0.2, 0.25) is 0 Å². The zero-order valence-electron chi connectivity index (χ0n) is 36.9. The number of anilines is 3. The number of hydrogen-bond donors (Lipinski definition) is 0. The van der Waals surface area contributed by atoms with Crippen LogP contribution < -0.4 is 4.90 Å². The standard InChI is InChI=1S/C66H45N/c1-6-21-46(22-7-1)48-37-42-61-59(43-48)58-41-39-54(45-63(58)66(61,51-29-12-4-13-30-51)52-31-14-5-15-32-52)67(64-36-20-24-47-23-16-17-33-55(47)64)53-38-40-57-56-34-18-19-35-60(56)65(62(57)44-53,49-25-8-2-9-26-49)50-27-10-3-11-28-50/h1-45H. The molecule has 2 aliphatic rings. The highest BCUT2D eigenvalue weighted by atomic mass is 15.1. The van der Waals surface area contributed by atoms with Gasteiger partial charge in [0.05, 0.1) is 16.5 Å². The summed E-state index contributed by atoms with van der Waals surface area (Å²) in [6, 6.07) is 101. The van der Waals surface area contributed by atoms with Crippen molar-refractivity contribution in [3.8, 4) is 33.4 Å². The molecular formula is C66H45N. The van der Waals surface area contributed by atoms with Gasteiger partial charge in [-0.15, -0.1) is 0 Å². The van der Waals surface area contributed by atoms with Gasteiger partial charge in [-0.1, -0.05) is 237 Å². The van der Waals surface area contributed by atoms with E-state index in [1.807, 2.05) is 0 Å². The lowest BCUT2D eigenvalue weighted by atomic mass is 9.67. The molecule has 0 unspecified atom stereocenters. The summed E-state index contributed by atoms with van der Waals surface area (Å²) in [4.78, 5) is 2.52. The SMILES string of the molecule is c1ccc(-c2ccc3c(c2)-c2ccc(N(c4ccc5c(c4)C(c4ccccc4)(c4ccccc4)c4ccccc4-5)c4cccc5ccccc45)cc2C3(c2ccccc2)c2ccccc2)cc1. The van der Waals surface area contributed by atoms with Gasteiger partial charge in [0, 0.05) is 16.8 Å². The average Bonchev–Trinajstić information content (AvgIpc) is 3.87. The second-order valence-corrected chi connectivity index (χ2v) is 17.9. The number of benzene rings is 11. The first-order valence-electron chi connectivity index (χ1n) is 23.3. The molecule has 0 radical (unpaired) electrons. The van der Waals surface area contributed by atoms with Crippen LogP contribution in [0.2, 0.25) is 0 Å². The highest BCUT2D eigenvalue weighted by molar-refractivity contribution is 6.01. The number of rotatable bonds is 8. The lowest BCUT2D eigenvalue weighted by Gasteiger charge is -2.36. The fourth-order valence-corrected chi connectivity index (χ4v) is 11.8. The maximum atomic E-state index is 2.52. The monoisotopic (exact) mass is 851 g/mol. The normalized spacial score (nSPS) is 13.6. The Morgan fingerprint density at radius 2 is 0.687 bits per heavy atom. The minimum absolute atomic E-state index is 0.541. The van der Waals surface area contributed by atoms with E-state index in [0.717, 1.165) is 17.1 Å². The Balaban J connectivity index is 1.11. The summed E-state index contributed by atoms with van der Waals surface area (Å²) in [5.74, 6) is 0. The molecule has 0 saturated carbocycles. The van der Waals surface area contributed by atoms with Crippen molar-refractivity contribution in [3.63, 3.8) is 0 Å². The van der Waals surface area contributed by atoms with Gasteiger partial charge in [-0.3, -0.25) is 0 Å². The predicted octanol–water partition coefficient (Wildman–Crippen LogP) is 16.7. The van der Waals surface area contributed by atoms with Gasteiger partial charge in [-0.25, -0.2) is 0 Å². The topological polar surface area (TPSA) is 3.24 Å². The molecule has 0 saturated heterocycles. The Hall–Kier alpha value is -8.52. The van der Waals surface area contributed by atoms with Gasteiger partial charge >= 0.3 is 0 Å². The Kier molecular flexibility index (Phi) is 9.05. The van der Waals surface area contributed by atoms with Crippen LogP contribution in [0.1, 0.15) is 44.5 Å². The van der Waals surface area contributed by atoms with Gasteiger partial charge in [0.1, 0.15) is 0 Å². The van der Waals surface area contributed by atoms with Crippen molar-refractivity contribution in [2.75, 3.05) is 4.90 Å². The summed E-state index contributed by atoms with van der Waals surface area (Å²) in [7, 11) is 0. The molecule has 1 heteroatoms. The van der Waals surface area contributed by atoms with Gasteiger partial charge in [0.15, 0.2) is 0 Å². The molecule has 0 N–H and O–H groups in total. The molecule has 314 valence electrons. The maximum absolute atomic E-state index is 2.52. The number of fused-ring (bicyclic) bond motifs is 7. The third-order valence-corrected chi connectivity index (χ3v) is 14.6. The summed E-state index contributed by atoms with van der Waals surface area (Å²) in [6.45, 7) is 0. The molecule has 0 bridgehead atoms. The van der Waals surface area contributed by atoms with Crippen LogP contribution in [0.5, 0.6) is 0 Å². The van der Waals surface area contributed by atoms with E-state index in [1.165, 1.54) is 88.7 Å². The second kappa shape index (κ2) is 15.6. The molecule has 1 nitrogen and oxygen atoms in total. The molecule has 2 aliphatic carbocycles. The largest absolute Gasteiger partial charge is 0.310 e. The van der Waals surface area contributed by atoms with Crippen LogP contribution in [0.4, 0.5) is 17.1 Å². The van der Waals surface area contributed by atoms with Crippen LogP contribution in [0, 0.1) is 0 Å². The fourth-order valence-electron chi connectivity index (χ4n) is 11.8. The van der Waals surface area contributed by atoms with Crippen LogP contribution in [0.3, 0.4) is 0 Å². The number of nitrogens with zero attached hydrogens (tertiary/aromatic N) is 1. The van der Waals surface area contributed by atoms with Crippen molar-refractivity contribution in [2.24, 2.45) is 0 Å². The van der Waals surface area contributed by atoms with Crippen LogP contribution in [-0.2, 0) is 10.8 Å². The highest BCUT2D eigenvalue weighted by Crippen LogP contribution is 2.60. The van der Waals surface area contributed by atoms with Gasteiger partial charge in [-0.05, 0) is 120 Å². The van der Waals surface area contributed by atoms with Gasteiger partial charge in [-0.2, -0.15) is 0 Å². The van der Waals surface area contributed by atoms with Crippen molar-refractivity contribution >= 4 is 27.8 Å². The summed E-state index contributed by atoms with van der Waals surface area (Å²) in [5.41, 5.74) is 19.8. The van der Waals surface area contributed by atoms with E-state index in [-0.39, 0.29) is 0 Å². The summed E-state index contributed by atoms with van der Waals surface area (Å²) in [6.07, 6.45) is 0. The van der Waals surface area contributed by atoms with Crippen LogP contribution in [0.15, 0.2) is 273 Å². The molecule has 11 aromatic carbocycles. The van der Waals surface area contributed by atoms with E-state index in [9.17, 15) is 0 Å². The zero-order chi connectivity index (χ0) is 44.4. The van der Waals surface area contributed by atoms with E-state index in [4.69, 9.17) is 0 Å². The third-order valence-electron chi connectivity index (χ3n) is 14.6. The smallest absolute Gasteiger partial charge is 0.0714 e. The van der Waals surface area contributed by atoms with E-state index in [2.05, 4.69) is 278 Å². The quantitative estimate of drug-likeness (QED) is 0.147. The van der Waals surface area contributed by atoms with Crippen LogP contribution >= 0.6 is 0 Å². The van der Waals surface area contributed by atoms with E-state index in [1.54, 1.807) is 0 Å². The van der Waals surface area contributed by atoms with E-state index < -0.39 is 10.8 Å². The fraction of sp³-hybridized carbons (Fsp3) is 0.0303. The lowest BCUT2D eigenvalue weighted by molar-refractivity contribution is 0.767. The first kappa shape index (κ1) is 38.9. The molecular weight excluding hydrogens is 807 g/mol.